The lowest BCUT2D eigenvalue weighted by molar-refractivity contribution is -0.123. The summed E-state index contributed by atoms with van der Waals surface area (Å²) in [5.74, 6) is 0.317. The SMILES string of the molecule is Cc1cc(S(=O)(=O)N2CCCC2)ccc1OCC(=O)NC(C)C. The van der Waals surface area contributed by atoms with E-state index >= 15 is 0 Å². The topological polar surface area (TPSA) is 75.7 Å². The first-order valence-electron chi connectivity index (χ1n) is 7.83. The second-order valence-corrected chi connectivity index (χ2v) is 7.99. The number of carbonyl (C=O) groups excluding carboxylic acids is 1. The summed E-state index contributed by atoms with van der Waals surface area (Å²) >= 11 is 0. The Morgan fingerprint density at radius 3 is 2.52 bits per heavy atom. The van der Waals surface area contributed by atoms with Crippen molar-refractivity contribution < 1.29 is 17.9 Å². The van der Waals surface area contributed by atoms with E-state index in [9.17, 15) is 13.2 Å². The molecule has 1 fully saturated rings. The van der Waals surface area contributed by atoms with Gasteiger partial charge in [-0.25, -0.2) is 8.42 Å². The first-order chi connectivity index (χ1) is 10.8. The number of amides is 1. The van der Waals surface area contributed by atoms with Gasteiger partial charge in [0.15, 0.2) is 6.61 Å². The van der Waals surface area contributed by atoms with Gasteiger partial charge in [-0.2, -0.15) is 4.31 Å². The number of sulfonamides is 1. The van der Waals surface area contributed by atoms with E-state index in [1.807, 2.05) is 13.8 Å². The maximum Gasteiger partial charge on any atom is 0.258 e. The highest BCUT2D eigenvalue weighted by atomic mass is 32.2. The molecule has 23 heavy (non-hydrogen) atoms. The molecule has 1 aromatic carbocycles. The molecule has 6 nitrogen and oxygen atoms in total. The van der Waals surface area contributed by atoms with Crippen LogP contribution in [0.2, 0.25) is 0 Å². The van der Waals surface area contributed by atoms with E-state index in [1.165, 1.54) is 10.4 Å². The van der Waals surface area contributed by atoms with E-state index in [0.29, 0.717) is 24.4 Å². The van der Waals surface area contributed by atoms with E-state index in [-0.39, 0.29) is 23.5 Å². The van der Waals surface area contributed by atoms with Gasteiger partial charge in [-0.3, -0.25) is 4.79 Å². The van der Waals surface area contributed by atoms with Gasteiger partial charge in [-0.15, -0.1) is 0 Å². The van der Waals surface area contributed by atoms with Crippen LogP contribution in [0.5, 0.6) is 5.75 Å². The average Bonchev–Trinajstić information content (AvgIpc) is 3.00. The first kappa shape index (κ1) is 17.7. The van der Waals surface area contributed by atoms with E-state index < -0.39 is 10.0 Å². The van der Waals surface area contributed by atoms with Crippen molar-refractivity contribution in [2.24, 2.45) is 0 Å². The van der Waals surface area contributed by atoms with Crippen molar-refractivity contribution in [1.82, 2.24) is 9.62 Å². The molecule has 0 saturated carbocycles. The lowest BCUT2D eigenvalue weighted by Gasteiger charge is -2.17. The van der Waals surface area contributed by atoms with Crippen LogP contribution in [-0.2, 0) is 14.8 Å². The number of hydrogen-bond acceptors (Lipinski definition) is 4. The average molecular weight is 340 g/mol. The minimum atomic E-state index is -3.43. The van der Waals surface area contributed by atoms with Crippen molar-refractivity contribution in [2.45, 2.75) is 44.6 Å². The van der Waals surface area contributed by atoms with Crippen LogP contribution in [-0.4, -0.2) is 44.4 Å². The molecule has 0 unspecified atom stereocenters. The van der Waals surface area contributed by atoms with E-state index in [4.69, 9.17) is 4.74 Å². The van der Waals surface area contributed by atoms with Gasteiger partial charge >= 0.3 is 0 Å². The summed E-state index contributed by atoms with van der Waals surface area (Å²) in [5.41, 5.74) is 0.697. The molecule has 2 rings (SSSR count). The summed E-state index contributed by atoms with van der Waals surface area (Å²) in [5, 5.41) is 2.74. The van der Waals surface area contributed by atoms with E-state index in [0.717, 1.165) is 12.8 Å². The highest BCUT2D eigenvalue weighted by Gasteiger charge is 2.27. The molecule has 0 aromatic heterocycles. The maximum absolute atomic E-state index is 12.5. The standard InChI is InChI=1S/C16H24N2O4S/c1-12(2)17-16(19)11-22-15-7-6-14(10-13(15)3)23(20,21)18-8-4-5-9-18/h6-7,10,12H,4-5,8-9,11H2,1-3H3,(H,17,19). The smallest absolute Gasteiger partial charge is 0.258 e. The quantitative estimate of drug-likeness (QED) is 0.855. The Labute approximate surface area is 137 Å². The maximum atomic E-state index is 12.5. The third-order valence-electron chi connectivity index (χ3n) is 3.66. The number of carbonyl (C=O) groups is 1. The number of nitrogens with zero attached hydrogens (tertiary/aromatic N) is 1. The van der Waals surface area contributed by atoms with E-state index in [1.54, 1.807) is 19.1 Å². The van der Waals surface area contributed by atoms with E-state index in [2.05, 4.69) is 5.32 Å². The molecule has 0 radical (unpaired) electrons. The summed E-state index contributed by atoms with van der Waals surface area (Å²) in [6.45, 7) is 6.60. The van der Waals surface area contributed by atoms with Crippen molar-refractivity contribution >= 4 is 15.9 Å². The van der Waals surface area contributed by atoms with Crippen molar-refractivity contribution in [2.75, 3.05) is 19.7 Å². The van der Waals surface area contributed by atoms with Crippen LogP contribution in [0.1, 0.15) is 32.3 Å². The van der Waals surface area contributed by atoms with Crippen LogP contribution >= 0.6 is 0 Å². The summed E-state index contributed by atoms with van der Waals surface area (Å²) in [7, 11) is -3.43. The molecule has 1 amide bonds. The molecule has 1 aliphatic heterocycles. The number of nitrogens with one attached hydrogen (secondary N) is 1. The fourth-order valence-electron chi connectivity index (χ4n) is 2.53. The molecular formula is C16H24N2O4S. The van der Waals surface area contributed by atoms with Gasteiger partial charge in [0.2, 0.25) is 10.0 Å². The van der Waals surface area contributed by atoms with Crippen molar-refractivity contribution in [3.8, 4) is 5.75 Å². The predicted octanol–water partition coefficient (Wildman–Crippen LogP) is 1.68. The summed E-state index contributed by atoms with van der Waals surface area (Å²) in [4.78, 5) is 11.9. The van der Waals surface area contributed by atoms with Gasteiger partial charge < -0.3 is 10.1 Å². The monoisotopic (exact) mass is 340 g/mol. The Hall–Kier alpha value is -1.60. The van der Waals surface area contributed by atoms with Gasteiger partial charge in [0, 0.05) is 19.1 Å². The number of ether oxygens (including phenoxy) is 1. The second kappa shape index (κ2) is 7.31. The minimum absolute atomic E-state index is 0.0557. The summed E-state index contributed by atoms with van der Waals surface area (Å²) < 4.78 is 32.0. The molecule has 1 saturated heterocycles. The third-order valence-corrected chi connectivity index (χ3v) is 5.55. The fraction of sp³-hybridized carbons (Fsp3) is 0.562. The van der Waals surface area contributed by atoms with Crippen LogP contribution in [0, 0.1) is 6.92 Å². The van der Waals surface area contributed by atoms with Crippen LogP contribution in [0.25, 0.3) is 0 Å². The molecule has 0 spiro atoms. The Morgan fingerprint density at radius 1 is 1.30 bits per heavy atom. The number of benzene rings is 1. The van der Waals surface area contributed by atoms with Gasteiger partial charge in [-0.05, 0) is 57.4 Å². The molecule has 0 bridgehead atoms. The molecule has 1 aromatic rings. The van der Waals surface area contributed by atoms with Crippen LogP contribution in [0.3, 0.4) is 0 Å². The molecule has 7 heteroatoms. The van der Waals surface area contributed by atoms with Gasteiger partial charge in [0.25, 0.3) is 5.91 Å². The van der Waals surface area contributed by atoms with Gasteiger partial charge in [0.1, 0.15) is 5.75 Å². The zero-order valence-electron chi connectivity index (χ0n) is 13.8. The van der Waals surface area contributed by atoms with Crippen LogP contribution in [0.15, 0.2) is 23.1 Å². The summed E-state index contributed by atoms with van der Waals surface area (Å²) in [6, 6.07) is 4.81. The summed E-state index contributed by atoms with van der Waals surface area (Å²) in [6.07, 6.45) is 1.81. The molecule has 1 N–H and O–H groups in total. The number of rotatable bonds is 6. The highest BCUT2D eigenvalue weighted by molar-refractivity contribution is 7.89. The first-order valence-corrected chi connectivity index (χ1v) is 9.27. The lowest BCUT2D eigenvalue weighted by atomic mass is 10.2. The van der Waals surface area contributed by atoms with Gasteiger partial charge in [-0.1, -0.05) is 0 Å². The van der Waals surface area contributed by atoms with Crippen molar-refractivity contribution in [1.29, 1.82) is 0 Å². The molecule has 1 aliphatic rings. The largest absolute Gasteiger partial charge is 0.484 e. The normalized spacial score (nSPS) is 15.8. The number of aryl methyl sites for hydroxylation is 1. The zero-order chi connectivity index (χ0) is 17.0. The Morgan fingerprint density at radius 2 is 1.96 bits per heavy atom. The lowest BCUT2D eigenvalue weighted by Crippen LogP contribution is -2.34. The fourth-order valence-corrected chi connectivity index (χ4v) is 4.13. The second-order valence-electron chi connectivity index (χ2n) is 6.05. The Balaban J connectivity index is 2.07. The van der Waals surface area contributed by atoms with Crippen molar-refractivity contribution in [3.05, 3.63) is 23.8 Å². The van der Waals surface area contributed by atoms with Crippen LogP contribution in [0.4, 0.5) is 0 Å². The molecule has 1 heterocycles. The van der Waals surface area contributed by atoms with Crippen molar-refractivity contribution in [3.63, 3.8) is 0 Å². The molecule has 0 aliphatic carbocycles. The molecule has 0 atom stereocenters. The molecule has 128 valence electrons. The Kier molecular flexibility index (Phi) is 5.64. The third kappa shape index (κ3) is 4.45. The Bertz CT molecular complexity index is 665. The predicted molar refractivity (Wildman–Crippen MR) is 87.9 cm³/mol. The van der Waals surface area contributed by atoms with Crippen LogP contribution < -0.4 is 10.1 Å². The number of hydrogen-bond donors (Lipinski definition) is 1. The minimum Gasteiger partial charge on any atom is -0.484 e. The molecular weight excluding hydrogens is 316 g/mol. The highest BCUT2D eigenvalue weighted by Crippen LogP contribution is 2.26. The zero-order valence-corrected chi connectivity index (χ0v) is 14.6. The van der Waals surface area contributed by atoms with Gasteiger partial charge in [0.05, 0.1) is 4.90 Å².